The van der Waals surface area contributed by atoms with Gasteiger partial charge in [-0.3, -0.25) is 5.32 Å². The van der Waals surface area contributed by atoms with Gasteiger partial charge in [-0.05, 0) is 20.8 Å². The first-order chi connectivity index (χ1) is 3.63. The van der Waals surface area contributed by atoms with Crippen molar-refractivity contribution in [3.63, 3.8) is 0 Å². The second-order valence-corrected chi connectivity index (χ2v) is 3.00. The molecule has 0 aliphatic carbocycles. The molecule has 1 unspecified atom stereocenters. The zero-order chi connectivity index (χ0) is 6.20. The van der Waals surface area contributed by atoms with Crippen molar-refractivity contribution < 1.29 is 0 Å². The maximum absolute atomic E-state index is 3.33. The van der Waals surface area contributed by atoms with Crippen LogP contribution < -0.4 is 10.6 Å². The third kappa shape index (κ3) is 0.858. The molecule has 1 aliphatic rings. The highest BCUT2D eigenvalue weighted by Gasteiger charge is 2.29. The Morgan fingerprint density at radius 2 is 2.12 bits per heavy atom. The zero-order valence-electron chi connectivity index (χ0n) is 5.78. The van der Waals surface area contributed by atoms with Gasteiger partial charge >= 0.3 is 0 Å². The van der Waals surface area contributed by atoms with Gasteiger partial charge in [-0.2, -0.15) is 0 Å². The van der Waals surface area contributed by atoms with Crippen LogP contribution in [0.2, 0.25) is 0 Å². The van der Waals surface area contributed by atoms with Crippen LogP contribution in [0.25, 0.3) is 0 Å². The fourth-order valence-corrected chi connectivity index (χ4v) is 0.840. The van der Waals surface area contributed by atoms with Gasteiger partial charge in [-0.25, -0.2) is 0 Å². The van der Waals surface area contributed by atoms with E-state index in [0.717, 1.165) is 6.67 Å². The SMILES string of the molecule is CC1NCNC1(C)C. The van der Waals surface area contributed by atoms with Crippen LogP contribution in [0.1, 0.15) is 20.8 Å². The Morgan fingerprint density at radius 3 is 2.25 bits per heavy atom. The normalized spacial score (nSPS) is 35.6. The van der Waals surface area contributed by atoms with E-state index in [1.165, 1.54) is 0 Å². The van der Waals surface area contributed by atoms with Gasteiger partial charge in [0.1, 0.15) is 0 Å². The van der Waals surface area contributed by atoms with E-state index in [4.69, 9.17) is 0 Å². The van der Waals surface area contributed by atoms with E-state index in [1.807, 2.05) is 0 Å². The summed E-state index contributed by atoms with van der Waals surface area (Å²) in [6.07, 6.45) is 0. The quantitative estimate of drug-likeness (QED) is 0.473. The molecule has 2 N–H and O–H groups in total. The number of hydrogen-bond donors (Lipinski definition) is 2. The minimum absolute atomic E-state index is 0.292. The van der Waals surface area contributed by atoms with Crippen molar-refractivity contribution in [2.45, 2.75) is 32.4 Å². The molecular formula is C6H14N2. The highest BCUT2D eigenvalue weighted by atomic mass is 15.2. The second-order valence-electron chi connectivity index (χ2n) is 3.00. The van der Waals surface area contributed by atoms with Crippen molar-refractivity contribution in [2.75, 3.05) is 6.67 Å². The largest absolute Gasteiger partial charge is 0.300 e. The van der Waals surface area contributed by atoms with E-state index < -0.39 is 0 Å². The zero-order valence-corrected chi connectivity index (χ0v) is 5.78. The summed E-state index contributed by atoms with van der Waals surface area (Å²) >= 11 is 0. The van der Waals surface area contributed by atoms with Gasteiger partial charge in [0.05, 0.1) is 0 Å². The lowest BCUT2D eigenvalue weighted by Crippen LogP contribution is -2.41. The van der Waals surface area contributed by atoms with Gasteiger partial charge in [0.2, 0.25) is 0 Å². The molecule has 0 saturated carbocycles. The van der Waals surface area contributed by atoms with Crippen LogP contribution in [-0.4, -0.2) is 18.2 Å². The summed E-state index contributed by atoms with van der Waals surface area (Å²) in [4.78, 5) is 0. The molecule has 0 bridgehead atoms. The fraction of sp³-hybridized carbons (Fsp3) is 1.00. The van der Waals surface area contributed by atoms with Crippen molar-refractivity contribution >= 4 is 0 Å². The minimum atomic E-state index is 0.292. The summed E-state index contributed by atoms with van der Waals surface area (Å²) in [7, 11) is 0. The molecule has 48 valence electrons. The third-order valence-corrected chi connectivity index (χ3v) is 2.03. The predicted octanol–water partition coefficient (Wildman–Crippen LogP) is 0.304. The van der Waals surface area contributed by atoms with Crippen LogP contribution in [0.3, 0.4) is 0 Å². The van der Waals surface area contributed by atoms with Crippen molar-refractivity contribution in [1.29, 1.82) is 0 Å². The second kappa shape index (κ2) is 1.71. The van der Waals surface area contributed by atoms with Crippen LogP contribution in [0.4, 0.5) is 0 Å². The lowest BCUT2D eigenvalue weighted by molar-refractivity contribution is 0.411. The molecule has 1 saturated heterocycles. The van der Waals surface area contributed by atoms with Crippen LogP contribution in [-0.2, 0) is 0 Å². The summed E-state index contributed by atoms with van der Waals surface area (Å²) in [6, 6.07) is 0.600. The van der Waals surface area contributed by atoms with Gasteiger partial charge in [-0.1, -0.05) is 0 Å². The molecule has 8 heavy (non-hydrogen) atoms. The Balaban J connectivity index is 2.54. The average Bonchev–Trinajstić information content (AvgIpc) is 1.86. The molecule has 0 aromatic heterocycles. The van der Waals surface area contributed by atoms with Crippen LogP contribution in [0.5, 0.6) is 0 Å². The molecule has 1 rings (SSSR count). The summed E-state index contributed by atoms with van der Waals surface area (Å²) in [5.41, 5.74) is 0.292. The first-order valence-electron chi connectivity index (χ1n) is 3.11. The van der Waals surface area contributed by atoms with E-state index in [2.05, 4.69) is 31.4 Å². The van der Waals surface area contributed by atoms with Crippen LogP contribution in [0, 0.1) is 0 Å². The van der Waals surface area contributed by atoms with Gasteiger partial charge < -0.3 is 5.32 Å². The van der Waals surface area contributed by atoms with Gasteiger partial charge in [-0.15, -0.1) is 0 Å². The first kappa shape index (κ1) is 6.05. The molecule has 0 amide bonds. The van der Waals surface area contributed by atoms with E-state index in [9.17, 15) is 0 Å². The molecular weight excluding hydrogens is 100 g/mol. The molecule has 1 aliphatic heterocycles. The van der Waals surface area contributed by atoms with Crippen LogP contribution in [0.15, 0.2) is 0 Å². The van der Waals surface area contributed by atoms with Gasteiger partial charge in [0, 0.05) is 18.2 Å². The Bertz CT molecular complexity index is 88.5. The molecule has 0 aromatic rings. The minimum Gasteiger partial charge on any atom is -0.300 e. The third-order valence-electron chi connectivity index (χ3n) is 2.03. The Hall–Kier alpha value is -0.0800. The highest BCUT2D eigenvalue weighted by molar-refractivity contribution is 4.92. The predicted molar refractivity (Wildman–Crippen MR) is 34.7 cm³/mol. The number of nitrogens with one attached hydrogen (secondary N) is 2. The Morgan fingerprint density at radius 1 is 1.50 bits per heavy atom. The topological polar surface area (TPSA) is 24.1 Å². The Kier molecular flexibility index (Phi) is 1.29. The smallest absolute Gasteiger partial charge is 0.0461 e. The summed E-state index contributed by atoms with van der Waals surface area (Å²) in [6.45, 7) is 7.56. The first-order valence-corrected chi connectivity index (χ1v) is 3.11. The molecule has 0 spiro atoms. The molecule has 2 nitrogen and oxygen atoms in total. The fourth-order valence-electron chi connectivity index (χ4n) is 0.840. The van der Waals surface area contributed by atoms with Crippen molar-refractivity contribution in [3.8, 4) is 0 Å². The maximum atomic E-state index is 3.33. The molecule has 1 atom stereocenters. The van der Waals surface area contributed by atoms with Gasteiger partial charge in [0.25, 0.3) is 0 Å². The van der Waals surface area contributed by atoms with Gasteiger partial charge in [0.15, 0.2) is 0 Å². The maximum Gasteiger partial charge on any atom is 0.0461 e. The van der Waals surface area contributed by atoms with E-state index >= 15 is 0 Å². The standard InChI is InChI=1S/C6H14N2/c1-5-6(2,3)8-4-7-5/h5,7-8H,4H2,1-3H3. The lowest BCUT2D eigenvalue weighted by atomic mass is 9.99. The summed E-state index contributed by atoms with van der Waals surface area (Å²) < 4.78 is 0. The molecule has 2 heteroatoms. The number of hydrogen-bond acceptors (Lipinski definition) is 2. The Labute approximate surface area is 50.7 Å². The summed E-state index contributed by atoms with van der Waals surface area (Å²) in [5.74, 6) is 0. The van der Waals surface area contributed by atoms with Crippen LogP contribution >= 0.6 is 0 Å². The average molecular weight is 114 g/mol. The van der Waals surface area contributed by atoms with E-state index in [1.54, 1.807) is 0 Å². The van der Waals surface area contributed by atoms with E-state index in [-0.39, 0.29) is 0 Å². The van der Waals surface area contributed by atoms with Crippen molar-refractivity contribution in [1.82, 2.24) is 10.6 Å². The molecule has 1 fully saturated rings. The molecule has 0 radical (unpaired) electrons. The lowest BCUT2D eigenvalue weighted by Gasteiger charge is -2.22. The summed E-state index contributed by atoms with van der Waals surface area (Å²) in [5, 5.41) is 6.63. The van der Waals surface area contributed by atoms with E-state index in [0.29, 0.717) is 11.6 Å². The number of rotatable bonds is 0. The monoisotopic (exact) mass is 114 g/mol. The highest BCUT2D eigenvalue weighted by Crippen LogP contribution is 2.11. The molecule has 0 aromatic carbocycles. The van der Waals surface area contributed by atoms with Crippen molar-refractivity contribution in [2.24, 2.45) is 0 Å². The van der Waals surface area contributed by atoms with Crippen molar-refractivity contribution in [3.05, 3.63) is 0 Å². The molecule has 1 heterocycles.